The molecule has 0 fully saturated rings. The summed E-state index contributed by atoms with van der Waals surface area (Å²) in [6, 6.07) is 5.95. The molecule has 6 nitrogen and oxygen atoms in total. The highest BCUT2D eigenvalue weighted by Gasteiger charge is 2.09. The summed E-state index contributed by atoms with van der Waals surface area (Å²) < 4.78 is 12.5. The van der Waals surface area contributed by atoms with Crippen molar-refractivity contribution in [3.63, 3.8) is 0 Å². The molecule has 0 bridgehead atoms. The molecule has 20 heavy (non-hydrogen) atoms. The van der Waals surface area contributed by atoms with Crippen LogP contribution in [0.2, 0.25) is 0 Å². The first-order valence-corrected chi connectivity index (χ1v) is 6.36. The predicted molar refractivity (Wildman–Crippen MR) is 75.7 cm³/mol. The zero-order chi connectivity index (χ0) is 14.5. The summed E-state index contributed by atoms with van der Waals surface area (Å²) in [5.41, 5.74) is 1.16. The van der Waals surface area contributed by atoms with Crippen molar-refractivity contribution in [2.24, 2.45) is 7.05 Å². The van der Waals surface area contributed by atoms with Crippen LogP contribution < -0.4 is 9.47 Å². The molecule has 0 spiro atoms. The summed E-state index contributed by atoms with van der Waals surface area (Å²) in [6.07, 6.45) is 1.71. The molecule has 1 aromatic heterocycles. The number of hydrogen-bond donors (Lipinski definition) is 0. The van der Waals surface area contributed by atoms with Crippen LogP contribution in [0.3, 0.4) is 0 Å². The van der Waals surface area contributed by atoms with Gasteiger partial charge < -0.3 is 14.0 Å². The van der Waals surface area contributed by atoms with E-state index in [0.717, 1.165) is 36.0 Å². The van der Waals surface area contributed by atoms with Gasteiger partial charge in [-0.05, 0) is 24.7 Å². The quantitative estimate of drug-likeness (QED) is 0.799. The second kappa shape index (κ2) is 6.38. The van der Waals surface area contributed by atoms with Gasteiger partial charge >= 0.3 is 0 Å². The van der Waals surface area contributed by atoms with Crippen molar-refractivity contribution in [1.82, 2.24) is 19.7 Å². The highest BCUT2D eigenvalue weighted by atomic mass is 16.5. The maximum Gasteiger partial charge on any atom is 0.161 e. The van der Waals surface area contributed by atoms with Gasteiger partial charge in [0.1, 0.15) is 12.2 Å². The smallest absolute Gasteiger partial charge is 0.161 e. The molecule has 0 atom stereocenters. The second-order valence-electron chi connectivity index (χ2n) is 4.72. The molecular formula is C14H20N4O2. The molecule has 1 heterocycles. The lowest BCUT2D eigenvalue weighted by atomic mass is 10.2. The van der Waals surface area contributed by atoms with E-state index in [2.05, 4.69) is 15.1 Å². The summed E-state index contributed by atoms with van der Waals surface area (Å²) in [4.78, 5) is 2.17. The standard InChI is InChI=1S/C14H20N4O2/c1-17(9-14-16-15-10-18(14)2)8-11-5-6-12(19-3)13(7-11)20-4/h5-7,10H,8-9H2,1-4H3. The Morgan fingerprint density at radius 1 is 1.15 bits per heavy atom. The number of rotatable bonds is 6. The minimum absolute atomic E-state index is 0.741. The number of aromatic nitrogens is 3. The molecule has 2 rings (SSSR count). The van der Waals surface area contributed by atoms with Gasteiger partial charge in [-0.2, -0.15) is 0 Å². The second-order valence-corrected chi connectivity index (χ2v) is 4.72. The molecule has 6 heteroatoms. The number of hydrogen-bond acceptors (Lipinski definition) is 5. The lowest BCUT2D eigenvalue weighted by Crippen LogP contribution is -2.19. The van der Waals surface area contributed by atoms with Crippen molar-refractivity contribution < 1.29 is 9.47 Å². The first-order valence-electron chi connectivity index (χ1n) is 6.36. The van der Waals surface area contributed by atoms with Crippen LogP contribution in [0.5, 0.6) is 11.5 Å². The van der Waals surface area contributed by atoms with Crippen molar-refractivity contribution in [1.29, 1.82) is 0 Å². The van der Waals surface area contributed by atoms with Gasteiger partial charge in [0, 0.05) is 13.6 Å². The zero-order valence-corrected chi connectivity index (χ0v) is 12.3. The van der Waals surface area contributed by atoms with E-state index in [0.29, 0.717) is 0 Å². The van der Waals surface area contributed by atoms with Crippen LogP contribution in [0.15, 0.2) is 24.5 Å². The Bertz CT molecular complexity index is 568. The summed E-state index contributed by atoms with van der Waals surface area (Å²) in [6.45, 7) is 1.54. The summed E-state index contributed by atoms with van der Waals surface area (Å²) >= 11 is 0. The van der Waals surface area contributed by atoms with Crippen LogP contribution in [-0.4, -0.2) is 40.9 Å². The largest absolute Gasteiger partial charge is 0.493 e. The third kappa shape index (κ3) is 3.27. The first kappa shape index (κ1) is 14.3. The summed E-state index contributed by atoms with van der Waals surface area (Å²) in [5, 5.41) is 7.97. The molecule has 2 aromatic rings. The average Bonchev–Trinajstić information content (AvgIpc) is 2.84. The lowest BCUT2D eigenvalue weighted by molar-refractivity contribution is 0.305. The fourth-order valence-corrected chi connectivity index (χ4v) is 2.04. The van der Waals surface area contributed by atoms with Gasteiger partial charge in [0.15, 0.2) is 11.5 Å². The number of methoxy groups -OCH3 is 2. The maximum atomic E-state index is 5.31. The Labute approximate surface area is 118 Å². The molecule has 0 aliphatic heterocycles. The Kier molecular flexibility index (Phi) is 4.57. The van der Waals surface area contributed by atoms with Crippen LogP contribution in [0.25, 0.3) is 0 Å². The Hall–Kier alpha value is -2.08. The van der Waals surface area contributed by atoms with Gasteiger partial charge in [-0.3, -0.25) is 4.90 Å². The van der Waals surface area contributed by atoms with Crippen LogP contribution >= 0.6 is 0 Å². The van der Waals surface area contributed by atoms with E-state index in [1.807, 2.05) is 36.9 Å². The van der Waals surface area contributed by atoms with E-state index in [4.69, 9.17) is 9.47 Å². The minimum Gasteiger partial charge on any atom is -0.493 e. The van der Waals surface area contributed by atoms with Gasteiger partial charge in [0.25, 0.3) is 0 Å². The molecule has 0 amide bonds. The normalized spacial score (nSPS) is 10.8. The van der Waals surface area contributed by atoms with Gasteiger partial charge in [0.05, 0.1) is 20.8 Å². The van der Waals surface area contributed by atoms with E-state index in [1.165, 1.54) is 0 Å². The number of nitrogens with zero attached hydrogens (tertiary/aromatic N) is 4. The van der Waals surface area contributed by atoms with E-state index in [-0.39, 0.29) is 0 Å². The van der Waals surface area contributed by atoms with E-state index >= 15 is 0 Å². The van der Waals surface area contributed by atoms with Crippen LogP contribution in [0.1, 0.15) is 11.4 Å². The fourth-order valence-electron chi connectivity index (χ4n) is 2.04. The maximum absolute atomic E-state index is 5.31. The fraction of sp³-hybridized carbons (Fsp3) is 0.429. The third-order valence-corrected chi connectivity index (χ3v) is 3.12. The van der Waals surface area contributed by atoms with Crippen molar-refractivity contribution in [2.45, 2.75) is 13.1 Å². The molecule has 0 saturated carbocycles. The molecule has 0 aliphatic carbocycles. The Morgan fingerprint density at radius 3 is 2.50 bits per heavy atom. The topological polar surface area (TPSA) is 52.4 Å². The van der Waals surface area contributed by atoms with Crippen LogP contribution in [-0.2, 0) is 20.1 Å². The van der Waals surface area contributed by atoms with Gasteiger partial charge in [-0.15, -0.1) is 10.2 Å². The Morgan fingerprint density at radius 2 is 1.90 bits per heavy atom. The number of aryl methyl sites for hydroxylation is 1. The van der Waals surface area contributed by atoms with Crippen molar-refractivity contribution >= 4 is 0 Å². The van der Waals surface area contributed by atoms with Crippen LogP contribution in [0, 0.1) is 0 Å². The highest BCUT2D eigenvalue weighted by molar-refractivity contribution is 5.42. The SMILES string of the molecule is COc1ccc(CN(C)Cc2nncn2C)cc1OC. The number of benzene rings is 1. The molecule has 0 radical (unpaired) electrons. The van der Waals surface area contributed by atoms with E-state index < -0.39 is 0 Å². The van der Waals surface area contributed by atoms with Crippen molar-refractivity contribution in [3.8, 4) is 11.5 Å². The monoisotopic (exact) mass is 276 g/mol. The molecule has 0 N–H and O–H groups in total. The summed E-state index contributed by atoms with van der Waals surface area (Å²) in [5.74, 6) is 2.43. The Balaban J connectivity index is 2.04. The molecule has 0 aliphatic rings. The van der Waals surface area contributed by atoms with Crippen LogP contribution in [0.4, 0.5) is 0 Å². The van der Waals surface area contributed by atoms with E-state index in [9.17, 15) is 0 Å². The van der Waals surface area contributed by atoms with Gasteiger partial charge in [0.2, 0.25) is 0 Å². The molecule has 108 valence electrons. The molecular weight excluding hydrogens is 256 g/mol. The molecule has 0 unspecified atom stereocenters. The highest BCUT2D eigenvalue weighted by Crippen LogP contribution is 2.27. The molecule has 0 saturated heterocycles. The van der Waals surface area contributed by atoms with Gasteiger partial charge in [-0.25, -0.2) is 0 Å². The van der Waals surface area contributed by atoms with Gasteiger partial charge in [-0.1, -0.05) is 6.07 Å². The third-order valence-electron chi connectivity index (χ3n) is 3.12. The van der Waals surface area contributed by atoms with E-state index in [1.54, 1.807) is 20.5 Å². The average molecular weight is 276 g/mol. The summed E-state index contributed by atoms with van der Waals surface area (Å²) in [7, 11) is 7.27. The minimum atomic E-state index is 0.741. The number of ether oxygens (including phenoxy) is 2. The van der Waals surface area contributed by atoms with Crippen molar-refractivity contribution in [2.75, 3.05) is 21.3 Å². The van der Waals surface area contributed by atoms with Crippen molar-refractivity contribution in [3.05, 3.63) is 35.9 Å². The lowest BCUT2D eigenvalue weighted by Gasteiger charge is -2.17. The molecule has 1 aromatic carbocycles. The first-order chi connectivity index (χ1) is 9.63. The zero-order valence-electron chi connectivity index (χ0n) is 12.3. The predicted octanol–water partition coefficient (Wildman–Crippen LogP) is 1.46.